The average molecular weight is 380 g/mol. The quantitative estimate of drug-likeness (QED) is 0.386. The van der Waals surface area contributed by atoms with Crippen LogP contribution in [0.5, 0.6) is 0 Å². The second-order valence-corrected chi connectivity index (χ2v) is 7.36. The number of fused-ring (bicyclic) bond motifs is 2. The first kappa shape index (κ1) is 17.4. The Morgan fingerprint density at radius 3 is 2.70 bits per heavy atom. The zero-order chi connectivity index (χ0) is 19.0. The van der Waals surface area contributed by atoms with Crippen LogP contribution in [0, 0.1) is 0 Å². The summed E-state index contributed by atoms with van der Waals surface area (Å²) in [7, 11) is 1.42. The number of rotatable bonds is 5. The van der Waals surface area contributed by atoms with E-state index >= 15 is 0 Å². The SMILES string of the molecule is CN1C(=O)c2ccc(C(=O)OCCCc3nc4ccccc4s3)cc2C1=O. The van der Waals surface area contributed by atoms with Crippen molar-refractivity contribution in [3.63, 3.8) is 0 Å². The minimum absolute atomic E-state index is 0.242. The van der Waals surface area contributed by atoms with E-state index in [4.69, 9.17) is 4.74 Å². The van der Waals surface area contributed by atoms with Crippen molar-refractivity contribution in [3.05, 3.63) is 64.2 Å². The standard InChI is InChI=1S/C20H16N2O4S/c1-22-18(23)13-9-8-12(11-14(13)19(22)24)20(25)26-10-4-7-17-21-15-5-2-3-6-16(15)27-17/h2-3,5-6,8-9,11H,4,7,10H2,1H3. The van der Waals surface area contributed by atoms with E-state index in [1.54, 1.807) is 11.3 Å². The maximum atomic E-state index is 12.2. The van der Waals surface area contributed by atoms with Gasteiger partial charge in [-0.15, -0.1) is 11.3 Å². The smallest absolute Gasteiger partial charge is 0.338 e. The van der Waals surface area contributed by atoms with Gasteiger partial charge in [-0.3, -0.25) is 14.5 Å². The number of hydrogen-bond acceptors (Lipinski definition) is 6. The maximum Gasteiger partial charge on any atom is 0.338 e. The molecule has 6 nitrogen and oxygen atoms in total. The van der Waals surface area contributed by atoms with E-state index in [2.05, 4.69) is 4.98 Å². The highest BCUT2D eigenvalue weighted by atomic mass is 32.1. The number of carbonyl (C=O) groups is 3. The van der Waals surface area contributed by atoms with Crippen LogP contribution in [0.1, 0.15) is 42.5 Å². The van der Waals surface area contributed by atoms with Crippen LogP contribution in [0.2, 0.25) is 0 Å². The van der Waals surface area contributed by atoms with Gasteiger partial charge in [0.25, 0.3) is 11.8 Å². The molecular weight excluding hydrogens is 364 g/mol. The molecule has 1 aliphatic heterocycles. The highest BCUT2D eigenvalue weighted by Gasteiger charge is 2.33. The van der Waals surface area contributed by atoms with E-state index in [-0.39, 0.29) is 23.6 Å². The number of nitrogens with zero attached hydrogens (tertiary/aromatic N) is 2. The fraction of sp³-hybridized carbons (Fsp3) is 0.200. The molecule has 0 spiro atoms. The number of benzene rings is 2. The summed E-state index contributed by atoms with van der Waals surface area (Å²) < 4.78 is 6.45. The predicted molar refractivity (Wildman–Crippen MR) is 101 cm³/mol. The van der Waals surface area contributed by atoms with Crippen molar-refractivity contribution in [1.29, 1.82) is 0 Å². The Bertz CT molecular complexity index is 1040. The topological polar surface area (TPSA) is 76.6 Å². The van der Waals surface area contributed by atoms with Crippen molar-refractivity contribution in [3.8, 4) is 0 Å². The van der Waals surface area contributed by atoms with Gasteiger partial charge in [-0.1, -0.05) is 12.1 Å². The fourth-order valence-corrected chi connectivity index (χ4v) is 4.00. The number of aryl methyl sites for hydroxylation is 1. The second kappa shape index (κ2) is 6.92. The molecule has 2 aromatic carbocycles. The molecule has 0 saturated heterocycles. The van der Waals surface area contributed by atoms with Gasteiger partial charge in [-0.05, 0) is 36.8 Å². The first-order chi connectivity index (χ1) is 13.0. The van der Waals surface area contributed by atoms with Crippen LogP contribution in [0.3, 0.4) is 0 Å². The van der Waals surface area contributed by atoms with Gasteiger partial charge in [0.05, 0.1) is 38.5 Å². The molecule has 0 radical (unpaired) electrons. The first-order valence-corrected chi connectivity index (χ1v) is 9.34. The van der Waals surface area contributed by atoms with Gasteiger partial charge in [0, 0.05) is 13.5 Å². The highest BCUT2D eigenvalue weighted by molar-refractivity contribution is 7.18. The van der Waals surface area contributed by atoms with Crippen LogP contribution in [-0.2, 0) is 11.2 Å². The van der Waals surface area contributed by atoms with Gasteiger partial charge in [0.15, 0.2) is 0 Å². The molecular formula is C20H16N2O4S. The van der Waals surface area contributed by atoms with Gasteiger partial charge in [-0.2, -0.15) is 0 Å². The predicted octanol–water partition coefficient (Wildman–Crippen LogP) is 3.31. The van der Waals surface area contributed by atoms with Crippen LogP contribution in [0.25, 0.3) is 10.2 Å². The molecule has 1 aromatic heterocycles. The van der Waals surface area contributed by atoms with E-state index in [1.807, 2.05) is 24.3 Å². The molecule has 0 fully saturated rings. The van der Waals surface area contributed by atoms with Gasteiger partial charge >= 0.3 is 5.97 Å². The summed E-state index contributed by atoms with van der Waals surface area (Å²) in [4.78, 5) is 41.7. The van der Waals surface area contributed by atoms with Crippen molar-refractivity contribution < 1.29 is 19.1 Å². The maximum absolute atomic E-state index is 12.2. The van der Waals surface area contributed by atoms with E-state index in [0.717, 1.165) is 26.5 Å². The minimum atomic E-state index is -0.503. The molecule has 0 atom stereocenters. The van der Waals surface area contributed by atoms with E-state index in [9.17, 15) is 14.4 Å². The lowest BCUT2D eigenvalue weighted by atomic mass is 10.1. The van der Waals surface area contributed by atoms with E-state index < -0.39 is 11.9 Å². The van der Waals surface area contributed by atoms with Crippen LogP contribution in [0.4, 0.5) is 0 Å². The molecule has 4 rings (SSSR count). The Morgan fingerprint density at radius 1 is 1.11 bits per heavy atom. The van der Waals surface area contributed by atoms with Crippen molar-refractivity contribution in [2.24, 2.45) is 0 Å². The Labute approximate surface area is 159 Å². The van der Waals surface area contributed by atoms with Crippen LogP contribution in [-0.4, -0.2) is 41.3 Å². The molecule has 0 unspecified atom stereocenters. The molecule has 2 heterocycles. The number of carbonyl (C=O) groups excluding carboxylic acids is 3. The summed E-state index contributed by atoms with van der Waals surface area (Å²) in [5.41, 5.74) is 1.81. The van der Waals surface area contributed by atoms with Crippen LogP contribution < -0.4 is 0 Å². The second-order valence-electron chi connectivity index (χ2n) is 6.24. The van der Waals surface area contributed by atoms with Crippen LogP contribution >= 0.6 is 11.3 Å². The summed E-state index contributed by atoms with van der Waals surface area (Å²) in [5, 5.41) is 1.01. The Hall–Kier alpha value is -3.06. The summed E-state index contributed by atoms with van der Waals surface area (Å²) in [5.74, 6) is -1.26. The zero-order valence-corrected chi connectivity index (χ0v) is 15.4. The molecule has 0 aliphatic carbocycles. The van der Waals surface area contributed by atoms with Crippen molar-refractivity contribution in [2.45, 2.75) is 12.8 Å². The summed E-state index contributed by atoms with van der Waals surface area (Å²) in [6.07, 6.45) is 1.39. The van der Waals surface area contributed by atoms with Gasteiger partial charge in [0.2, 0.25) is 0 Å². The molecule has 0 bridgehead atoms. The fourth-order valence-electron chi connectivity index (χ4n) is 2.99. The monoisotopic (exact) mass is 380 g/mol. The third kappa shape index (κ3) is 3.21. The first-order valence-electron chi connectivity index (χ1n) is 8.52. The van der Waals surface area contributed by atoms with E-state index in [0.29, 0.717) is 12.0 Å². The molecule has 136 valence electrons. The number of para-hydroxylation sites is 1. The Kier molecular flexibility index (Phi) is 4.45. The van der Waals surface area contributed by atoms with Crippen LogP contribution in [0.15, 0.2) is 42.5 Å². The number of imide groups is 1. The van der Waals surface area contributed by atoms with Crippen molar-refractivity contribution in [2.75, 3.05) is 13.7 Å². The van der Waals surface area contributed by atoms with E-state index in [1.165, 1.54) is 25.2 Å². The summed E-state index contributed by atoms with van der Waals surface area (Å²) in [6.45, 7) is 0.263. The van der Waals surface area contributed by atoms with Gasteiger partial charge < -0.3 is 4.74 Å². The minimum Gasteiger partial charge on any atom is -0.462 e. The third-order valence-corrected chi connectivity index (χ3v) is 5.53. The number of aromatic nitrogens is 1. The lowest BCUT2D eigenvalue weighted by molar-refractivity contribution is 0.0500. The summed E-state index contributed by atoms with van der Waals surface area (Å²) >= 11 is 1.64. The molecule has 27 heavy (non-hydrogen) atoms. The number of thiazole rings is 1. The molecule has 1 aliphatic rings. The molecule has 3 aromatic rings. The molecule has 0 N–H and O–H groups in total. The van der Waals surface area contributed by atoms with Gasteiger partial charge in [0.1, 0.15) is 0 Å². The number of esters is 1. The Balaban J connectivity index is 1.35. The molecule has 0 saturated carbocycles. The van der Waals surface area contributed by atoms with Crippen molar-refractivity contribution in [1.82, 2.24) is 9.88 Å². The lowest BCUT2D eigenvalue weighted by Crippen LogP contribution is -2.24. The number of amides is 2. The lowest BCUT2D eigenvalue weighted by Gasteiger charge is -2.05. The largest absolute Gasteiger partial charge is 0.462 e. The highest BCUT2D eigenvalue weighted by Crippen LogP contribution is 2.24. The van der Waals surface area contributed by atoms with Gasteiger partial charge in [-0.25, -0.2) is 9.78 Å². The number of hydrogen-bond donors (Lipinski definition) is 0. The zero-order valence-electron chi connectivity index (χ0n) is 14.6. The normalized spacial score (nSPS) is 13.3. The molecule has 7 heteroatoms. The number of ether oxygens (including phenoxy) is 1. The molecule has 2 amide bonds. The average Bonchev–Trinajstić information content (AvgIpc) is 3.19. The summed E-state index contributed by atoms with van der Waals surface area (Å²) in [6, 6.07) is 12.4. The Morgan fingerprint density at radius 2 is 1.89 bits per heavy atom. The van der Waals surface area contributed by atoms with Crippen molar-refractivity contribution >= 4 is 39.3 Å². The third-order valence-electron chi connectivity index (χ3n) is 4.43.